The van der Waals surface area contributed by atoms with Crippen molar-refractivity contribution in [3.05, 3.63) is 63.6 Å². The van der Waals surface area contributed by atoms with Gasteiger partial charge < -0.3 is 14.2 Å². The van der Waals surface area contributed by atoms with Crippen LogP contribution in [-0.2, 0) is 4.74 Å². The minimum Gasteiger partial charge on any atom is -0.464 e. The number of aromatic nitrogens is 2. The predicted molar refractivity (Wildman–Crippen MR) is 89.9 cm³/mol. The zero-order chi connectivity index (χ0) is 17.3. The molecule has 2 aromatic heterocycles. The number of aryl methyl sites for hydroxylation is 1. The lowest BCUT2D eigenvalue weighted by molar-refractivity contribution is 0.0595. The maximum Gasteiger partial charge on any atom is 0.354 e. The Balaban J connectivity index is 2.03. The summed E-state index contributed by atoms with van der Waals surface area (Å²) < 4.78 is 10.7. The molecule has 0 bridgehead atoms. The first-order valence-electron chi connectivity index (χ1n) is 7.05. The monoisotopic (exact) mass is 388 g/mol. The molecular formula is C17H13BrN2O4. The molecule has 7 heteroatoms. The van der Waals surface area contributed by atoms with Gasteiger partial charge >= 0.3 is 5.97 Å². The van der Waals surface area contributed by atoms with E-state index in [9.17, 15) is 9.59 Å². The van der Waals surface area contributed by atoms with E-state index in [0.29, 0.717) is 22.6 Å². The number of aromatic amines is 1. The molecule has 122 valence electrons. The molecule has 3 aromatic rings. The van der Waals surface area contributed by atoms with Crippen LogP contribution in [-0.4, -0.2) is 29.0 Å². The maximum absolute atomic E-state index is 12.8. The molecule has 3 rings (SSSR count). The van der Waals surface area contributed by atoms with Gasteiger partial charge in [0.25, 0.3) is 0 Å². The third-order valence-corrected chi connectivity index (χ3v) is 4.03. The number of nitrogens with one attached hydrogen (secondary N) is 1. The standard InChI is InChI=1S/C17H13BrN2O4/c1-9-14(15(20-24-9)10-4-3-5-12(18)6-10)16(21)11-7-13(19-8-11)17(22)23-2/h3-8,19H,1-2H3. The van der Waals surface area contributed by atoms with Gasteiger partial charge in [-0.15, -0.1) is 0 Å². The van der Waals surface area contributed by atoms with E-state index in [-0.39, 0.29) is 11.5 Å². The molecule has 0 unspecified atom stereocenters. The molecule has 0 aliphatic heterocycles. The third-order valence-electron chi connectivity index (χ3n) is 3.54. The van der Waals surface area contributed by atoms with E-state index in [1.54, 1.807) is 6.92 Å². The number of H-pyrrole nitrogens is 1. The zero-order valence-corrected chi connectivity index (χ0v) is 14.5. The van der Waals surface area contributed by atoms with Gasteiger partial charge in [-0.05, 0) is 25.1 Å². The highest BCUT2D eigenvalue weighted by molar-refractivity contribution is 9.10. The Labute approximate surface area is 145 Å². The van der Waals surface area contributed by atoms with Gasteiger partial charge in [0, 0.05) is 21.8 Å². The molecule has 1 aromatic carbocycles. The van der Waals surface area contributed by atoms with Gasteiger partial charge in [-0.1, -0.05) is 33.2 Å². The van der Waals surface area contributed by atoms with Gasteiger partial charge in [-0.25, -0.2) is 4.79 Å². The molecule has 0 aliphatic carbocycles. The molecule has 24 heavy (non-hydrogen) atoms. The van der Waals surface area contributed by atoms with Crippen molar-refractivity contribution in [1.82, 2.24) is 10.1 Å². The maximum atomic E-state index is 12.8. The van der Waals surface area contributed by atoms with E-state index in [4.69, 9.17) is 4.52 Å². The number of methoxy groups -OCH3 is 1. The number of halogens is 1. The van der Waals surface area contributed by atoms with Gasteiger partial charge in [0.15, 0.2) is 5.78 Å². The zero-order valence-electron chi connectivity index (χ0n) is 12.9. The lowest BCUT2D eigenvalue weighted by Gasteiger charge is -2.01. The van der Waals surface area contributed by atoms with Crippen LogP contribution < -0.4 is 0 Å². The van der Waals surface area contributed by atoms with Crippen molar-refractivity contribution in [2.75, 3.05) is 7.11 Å². The highest BCUT2D eigenvalue weighted by Crippen LogP contribution is 2.29. The average molecular weight is 389 g/mol. The first kappa shape index (κ1) is 16.2. The number of ketones is 1. The fourth-order valence-corrected chi connectivity index (χ4v) is 2.77. The van der Waals surface area contributed by atoms with E-state index in [1.807, 2.05) is 24.3 Å². The molecule has 2 heterocycles. The Morgan fingerprint density at radius 2 is 2.08 bits per heavy atom. The molecular weight excluding hydrogens is 376 g/mol. The van der Waals surface area contributed by atoms with Gasteiger partial charge in [0.05, 0.1) is 12.7 Å². The number of nitrogens with zero attached hydrogens (tertiary/aromatic N) is 1. The highest BCUT2D eigenvalue weighted by atomic mass is 79.9. The molecule has 0 spiro atoms. The first-order valence-corrected chi connectivity index (χ1v) is 7.84. The fourth-order valence-electron chi connectivity index (χ4n) is 2.37. The number of carbonyl (C=O) groups excluding carboxylic acids is 2. The van der Waals surface area contributed by atoms with Gasteiger partial charge in [-0.3, -0.25) is 4.79 Å². The number of carbonyl (C=O) groups is 2. The normalized spacial score (nSPS) is 10.6. The van der Waals surface area contributed by atoms with Crippen LogP contribution in [0.15, 0.2) is 45.5 Å². The summed E-state index contributed by atoms with van der Waals surface area (Å²) in [4.78, 5) is 27.1. The second-order valence-corrected chi connectivity index (χ2v) is 6.01. The summed E-state index contributed by atoms with van der Waals surface area (Å²) in [5.41, 5.74) is 2.12. The van der Waals surface area contributed by atoms with E-state index in [0.717, 1.165) is 10.0 Å². The lowest BCUT2D eigenvalue weighted by atomic mass is 10.00. The van der Waals surface area contributed by atoms with E-state index in [2.05, 4.69) is 30.8 Å². The fraction of sp³-hybridized carbons (Fsp3) is 0.118. The van der Waals surface area contributed by atoms with E-state index in [1.165, 1.54) is 19.4 Å². The van der Waals surface area contributed by atoms with Crippen LogP contribution in [0.5, 0.6) is 0 Å². The number of esters is 1. The molecule has 0 saturated carbocycles. The van der Waals surface area contributed by atoms with Crippen LogP contribution in [0.4, 0.5) is 0 Å². The number of benzene rings is 1. The van der Waals surface area contributed by atoms with Gasteiger partial charge in [0.2, 0.25) is 0 Å². The highest BCUT2D eigenvalue weighted by Gasteiger charge is 2.24. The first-order chi connectivity index (χ1) is 11.5. The van der Waals surface area contributed by atoms with Crippen molar-refractivity contribution in [2.45, 2.75) is 6.92 Å². The quantitative estimate of drug-likeness (QED) is 0.543. The molecule has 0 saturated heterocycles. The molecule has 0 amide bonds. The molecule has 1 N–H and O–H groups in total. The largest absolute Gasteiger partial charge is 0.464 e. The smallest absolute Gasteiger partial charge is 0.354 e. The SMILES string of the molecule is COC(=O)c1cc(C(=O)c2c(-c3cccc(Br)c3)noc2C)c[nH]1. The van der Waals surface area contributed by atoms with Crippen molar-refractivity contribution in [2.24, 2.45) is 0 Å². The topological polar surface area (TPSA) is 85.2 Å². The van der Waals surface area contributed by atoms with Crippen LogP contribution in [0.3, 0.4) is 0 Å². The Morgan fingerprint density at radius 1 is 1.29 bits per heavy atom. The molecule has 6 nitrogen and oxygen atoms in total. The molecule has 0 atom stereocenters. The van der Waals surface area contributed by atoms with Crippen LogP contribution in [0.1, 0.15) is 32.2 Å². The molecule has 0 radical (unpaired) electrons. The summed E-state index contributed by atoms with van der Waals surface area (Å²) in [6, 6.07) is 8.88. The average Bonchev–Trinajstić information content (AvgIpc) is 3.20. The minimum absolute atomic E-state index is 0.207. The van der Waals surface area contributed by atoms with E-state index < -0.39 is 5.97 Å². The number of hydrogen-bond acceptors (Lipinski definition) is 5. The Hall–Kier alpha value is -2.67. The predicted octanol–water partition coefficient (Wildman–Crippen LogP) is 3.76. The van der Waals surface area contributed by atoms with Crippen LogP contribution in [0.25, 0.3) is 11.3 Å². The van der Waals surface area contributed by atoms with Gasteiger partial charge in [0.1, 0.15) is 17.1 Å². The summed E-state index contributed by atoms with van der Waals surface area (Å²) in [6.07, 6.45) is 1.46. The van der Waals surface area contributed by atoms with E-state index >= 15 is 0 Å². The summed E-state index contributed by atoms with van der Waals surface area (Å²) in [6.45, 7) is 1.68. The number of rotatable bonds is 4. The summed E-state index contributed by atoms with van der Waals surface area (Å²) in [5, 5.41) is 4.01. The lowest BCUT2D eigenvalue weighted by Crippen LogP contribution is -2.03. The third kappa shape index (κ3) is 2.90. The Morgan fingerprint density at radius 3 is 2.79 bits per heavy atom. The van der Waals surface area contributed by atoms with Crippen molar-refractivity contribution < 1.29 is 18.8 Å². The van der Waals surface area contributed by atoms with Crippen molar-refractivity contribution >= 4 is 27.7 Å². The second kappa shape index (κ2) is 6.45. The molecule has 0 fully saturated rings. The summed E-state index contributed by atoms with van der Waals surface area (Å²) >= 11 is 3.40. The van der Waals surface area contributed by atoms with Gasteiger partial charge in [-0.2, -0.15) is 0 Å². The van der Waals surface area contributed by atoms with Crippen molar-refractivity contribution in [1.29, 1.82) is 0 Å². The molecule has 0 aliphatic rings. The number of hydrogen-bond donors (Lipinski definition) is 1. The Kier molecular flexibility index (Phi) is 4.35. The second-order valence-electron chi connectivity index (χ2n) is 5.10. The Bertz CT molecular complexity index is 926. The minimum atomic E-state index is -0.539. The van der Waals surface area contributed by atoms with Crippen LogP contribution in [0.2, 0.25) is 0 Å². The number of ether oxygens (including phenoxy) is 1. The summed E-state index contributed by atoms with van der Waals surface area (Å²) in [5.74, 6) is -0.408. The van der Waals surface area contributed by atoms with Crippen molar-refractivity contribution in [3.8, 4) is 11.3 Å². The summed E-state index contributed by atoms with van der Waals surface area (Å²) in [7, 11) is 1.28. The van der Waals surface area contributed by atoms with Crippen molar-refractivity contribution in [3.63, 3.8) is 0 Å². The van der Waals surface area contributed by atoms with Crippen LogP contribution in [0, 0.1) is 6.92 Å². The van der Waals surface area contributed by atoms with Crippen LogP contribution >= 0.6 is 15.9 Å².